The topological polar surface area (TPSA) is 46.3 Å². The van der Waals surface area contributed by atoms with E-state index in [0.29, 0.717) is 0 Å². The van der Waals surface area contributed by atoms with E-state index in [4.69, 9.17) is 18.0 Å². The van der Waals surface area contributed by atoms with Gasteiger partial charge < -0.3 is 10.6 Å². The van der Waals surface area contributed by atoms with E-state index in [-0.39, 0.29) is 16.9 Å². The summed E-state index contributed by atoms with van der Waals surface area (Å²) >= 11 is 5.08. The van der Waals surface area contributed by atoms with Gasteiger partial charge in [-0.15, -0.1) is 0 Å². The fourth-order valence-electron chi connectivity index (χ4n) is 2.29. The normalized spacial score (nSPS) is 12.2. The largest absolute Gasteiger partial charge is 0.392 e. The Morgan fingerprint density at radius 1 is 1.26 bits per heavy atom. The molecule has 1 rings (SSSR count). The zero-order valence-corrected chi connectivity index (χ0v) is 12.6. The molecule has 104 valence electrons. The molecule has 0 fully saturated rings. The standard InChI is InChI=1S/C15H22N2OS/c1-4-12(5-2)17(3)15(18)13(14(16)19)11-9-7-6-8-10-11/h6-10,12-13H,4-5H2,1-3H3,(H2,16,19). The summed E-state index contributed by atoms with van der Waals surface area (Å²) in [6.07, 6.45) is 1.86. The third kappa shape index (κ3) is 3.77. The van der Waals surface area contributed by atoms with Crippen molar-refractivity contribution in [2.24, 2.45) is 5.73 Å². The molecule has 3 nitrogen and oxygen atoms in total. The SMILES string of the molecule is CCC(CC)N(C)C(=O)C(C(N)=S)c1ccccc1. The van der Waals surface area contributed by atoms with Crippen molar-refractivity contribution in [3.05, 3.63) is 35.9 Å². The molecule has 0 spiro atoms. The number of nitrogens with zero attached hydrogens (tertiary/aromatic N) is 1. The highest BCUT2D eigenvalue weighted by Gasteiger charge is 2.28. The highest BCUT2D eigenvalue weighted by molar-refractivity contribution is 7.80. The first-order chi connectivity index (χ1) is 9.02. The molecule has 0 bridgehead atoms. The number of hydrogen-bond acceptors (Lipinski definition) is 2. The van der Waals surface area contributed by atoms with Gasteiger partial charge in [0, 0.05) is 13.1 Å². The van der Waals surface area contributed by atoms with E-state index in [1.54, 1.807) is 4.90 Å². The number of carbonyl (C=O) groups excluding carboxylic acids is 1. The molecule has 0 aromatic heterocycles. The molecule has 1 aromatic rings. The Balaban J connectivity index is 3.01. The van der Waals surface area contributed by atoms with Gasteiger partial charge in [-0.1, -0.05) is 56.4 Å². The van der Waals surface area contributed by atoms with Crippen LogP contribution in [-0.4, -0.2) is 28.9 Å². The summed E-state index contributed by atoms with van der Waals surface area (Å²) in [5.74, 6) is -0.547. The Kier molecular flexibility index (Phi) is 5.96. The van der Waals surface area contributed by atoms with Gasteiger partial charge in [-0.3, -0.25) is 4.79 Å². The van der Waals surface area contributed by atoms with E-state index in [1.807, 2.05) is 37.4 Å². The predicted octanol–water partition coefficient (Wildman–Crippen LogP) is 2.70. The summed E-state index contributed by atoms with van der Waals surface area (Å²) in [6.45, 7) is 4.16. The Hall–Kier alpha value is -1.42. The first-order valence-electron chi connectivity index (χ1n) is 6.63. The molecular weight excluding hydrogens is 256 g/mol. The first-order valence-corrected chi connectivity index (χ1v) is 7.04. The molecule has 4 heteroatoms. The minimum atomic E-state index is -0.526. The molecule has 2 N–H and O–H groups in total. The molecule has 0 saturated heterocycles. The third-order valence-corrected chi connectivity index (χ3v) is 3.74. The minimum Gasteiger partial charge on any atom is -0.392 e. The Morgan fingerprint density at radius 3 is 2.21 bits per heavy atom. The number of benzene rings is 1. The van der Waals surface area contributed by atoms with Gasteiger partial charge in [0.2, 0.25) is 5.91 Å². The van der Waals surface area contributed by atoms with Crippen LogP contribution in [0.1, 0.15) is 38.2 Å². The van der Waals surface area contributed by atoms with Crippen LogP contribution in [0, 0.1) is 0 Å². The van der Waals surface area contributed by atoms with Crippen LogP contribution in [0.4, 0.5) is 0 Å². The van der Waals surface area contributed by atoms with Crippen LogP contribution in [0.25, 0.3) is 0 Å². The second-order valence-corrected chi connectivity index (χ2v) is 5.14. The number of hydrogen-bond donors (Lipinski definition) is 1. The average molecular weight is 278 g/mol. The van der Waals surface area contributed by atoms with E-state index in [1.165, 1.54) is 0 Å². The van der Waals surface area contributed by atoms with Crippen molar-refractivity contribution in [2.75, 3.05) is 7.05 Å². The Bertz CT molecular complexity index is 429. The van der Waals surface area contributed by atoms with E-state index >= 15 is 0 Å². The lowest BCUT2D eigenvalue weighted by Crippen LogP contribution is -2.42. The molecule has 1 unspecified atom stereocenters. The summed E-state index contributed by atoms with van der Waals surface area (Å²) in [5, 5.41) is 0. The van der Waals surface area contributed by atoms with Gasteiger partial charge in [0.15, 0.2) is 0 Å². The lowest BCUT2D eigenvalue weighted by molar-refractivity contribution is -0.132. The number of nitrogens with two attached hydrogens (primary N) is 1. The molecular formula is C15H22N2OS. The number of rotatable bonds is 6. The van der Waals surface area contributed by atoms with Crippen LogP contribution in [-0.2, 0) is 4.79 Å². The van der Waals surface area contributed by atoms with Crippen molar-refractivity contribution in [3.8, 4) is 0 Å². The van der Waals surface area contributed by atoms with Gasteiger partial charge in [-0.2, -0.15) is 0 Å². The predicted molar refractivity (Wildman–Crippen MR) is 83.1 cm³/mol. The van der Waals surface area contributed by atoms with Gasteiger partial charge in [0.05, 0.1) is 4.99 Å². The quantitative estimate of drug-likeness (QED) is 0.814. The van der Waals surface area contributed by atoms with Crippen molar-refractivity contribution >= 4 is 23.1 Å². The summed E-state index contributed by atoms with van der Waals surface area (Å²) in [4.78, 5) is 14.6. The van der Waals surface area contributed by atoms with Crippen LogP contribution < -0.4 is 5.73 Å². The van der Waals surface area contributed by atoms with E-state index in [0.717, 1.165) is 18.4 Å². The van der Waals surface area contributed by atoms with Crippen LogP contribution in [0.3, 0.4) is 0 Å². The second-order valence-electron chi connectivity index (χ2n) is 4.67. The number of amides is 1. The number of carbonyl (C=O) groups is 1. The van der Waals surface area contributed by atoms with Crippen LogP contribution in [0.2, 0.25) is 0 Å². The fourth-order valence-corrected chi connectivity index (χ4v) is 2.53. The maximum absolute atomic E-state index is 12.6. The van der Waals surface area contributed by atoms with Crippen LogP contribution >= 0.6 is 12.2 Å². The van der Waals surface area contributed by atoms with Gasteiger partial charge in [-0.05, 0) is 18.4 Å². The first kappa shape index (κ1) is 15.6. The molecule has 0 radical (unpaired) electrons. The highest BCUT2D eigenvalue weighted by atomic mass is 32.1. The maximum atomic E-state index is 12.6. The lowest BCUT2D eigenvalue weighted by Gasteiger charge is -2.30. The Morgan fingerprint density at radius 2 is 1.79 bits per heavy atom. The minimum absolute atomic E-state index is 0.0209. The van der Waals surface area contributed by atoms with Gasteiger partial charge in [0.25, 0.3) is 0 Å². The summed E-state index contributed by atoms with van der Waals surface area (Å²) in [6, 6.07) is 9.71. The molecule has 0 aliphatic carbocycles. The van der Waals surface area contributed by atoms with E-state index in [9.17, 15) is 4.79 Å². The molecule has 0 aliphatic rings. The molecule has 0 saturated carbocycles. The van der Waals surface area contributed by atoms with Gasteiger partial charge in [0.1, 0.15) is 5.92 Å². The van der Waals surface area contributed by atoms with Crippen molar-refractivity contribution in [3.63, 3.8) is 0 Å². The molecule has 19 heavy (non-hydrogen) atoms. The zero-order valence-electron chi connectivity index (χ0n) is 11.8. The van der Waals surface area contributed by atoms with E-state index < -0.39 is 5.92 Å². The van der Waals surface area contributed by atoms with Crippen molar-refractivity contribution in [1.82, 2.24) is 4.90 Å². The smallest absolute Gasteiger partial charge is 0.236 e. The van der Waals surface area contributed by atoms with Crippen LogP contribution in [0.5, 0.6) is 0 Å². The van der Waals surface area contributed by atoms with Gasteiger partial charge in [-0.25, -0.2) is 0 Å². The highest BCUT2D eigenvalue weighted by Crippen LogP contribution is 2.21. The average Bonchev–Trinajstić information content (AvgIpc) is 2.40. The van der Waals surface area contributed by atoms with Crippen molar-refractivity contribution in [1.29, 1.82) is 0 Å². The number of thiocarbonyl (C=S) groups is 1. The molecule has 1 amide bonds. The maximum Gasteiger partial charge on any atom is 0.236 e. The third-order valence-electron chi connectivity index (χ3n) is 3.50. The fraction of sp³-hybridized carbons (Fsp3) is 0.467. The summed E-state index contributed by atoms with van der Waals surface area (Å²) in [5.41, 5.74) is 6.63. The summed E-state index contributed by atoms with van der Waals surface area (Å²) in [7, 11) is 1.83. The second kappa shape index (κ2) is 7.24. The zero-order chi connectivity index (χ0) is 14.4. The molecule has 1 aromatic carbocycles. The van der Waals surface area contributed by atoms with Crippen molar-refractivity contribution < 1.29 is 4.79 Å². The van der Waals surface area contributed by atoms with Gasteiger partial charge >= 0.3 is 0 Å². The molecule has 0 heterocycles. The molecule has 1 atom stereocenters. The Labute approximate surface area is 120 Å². The number of likely N-dealkylation sites (N-methyl/N-ethyl adjacent to an activating group) is 1. The van der Waals surface area contributed by atoms with Crippen LogP contribution in [0.15, 0.2) is 30.3 Å². The monoisotopic (exact) mass is 278 g/mol. The van der Waals surface area contributed by atoms with Crippen molar-refractivity contribution in [2.45, 2.75) is 38.6 Å². The van der Waals surface area contributed by atoms with E-state index in [2.05, 4.69) is 13.8 Å². The molecule has 0 aliphatic heterocycles. The lowest BCUT2D eigenvalue weighted by atomic mass is 9.96. The summed E-state index contributed by atoms with van der Waals surface area (Å²) < 4.78 is 0.